The summed E-state index contributed by atoms with van der Waals surface area (Å²) in [5.41, 5.74) is 6.70. The van der Waals surface area contributed by atoms with Crippen LogP contribution < -0.4 is 5.73 Å². The van der Waals surface area contributed by atoms with Gasteiger partial charge in [0, 0.05) is 26.2 Å². The zero-order valence-electron chi connectivity index (χ0n) is 10.0. The van der Waals surface area contributed by atoms with Crippen molar-refractivity contribution in [1.82, 2.24) is 4.90 Å². The highest BCUT2D eigenvalue weighted by atomic mass is 16.5. The lowest BCUT2D eigenvalue weighted by Gasteiger charge is -2.22. The van der Waals surface area contributed by atoms with Gasteiger partial charge in [0.05, 0.1) is 0 Å². The summed E-state index contributed by atoms with van der Waals surface area (Å²) in [5.74, 6) is 0.00616. The predicted molar refractivity (Wildman–Crippen MR) is 65.4 cm³/mol. The second-order valence-electron chi connectivity index (χ2n) is 4.36. The normalized spacial score (nSPS) is 21.5. The van der Waals surface area contributed by atoms with E-state index in [1.807, 2.05) is 30.3 Å². The molecule has 0 bridgehead atoms. The van der Waals surface area contributed by atoms with Gasteiger partial charge in [-0.05, 0) is 12.0 Å². The first-order valence-corrected chi connectivity index (χ1v) is 5.84. The van der Waals surface area contributed by atoms with E-state index >= 15 is 0 Å². The Labute approximate surface area is 101 Å². The van der Waals surface area contributed by atoms with E-state index in [2.05, 4.69) is 0 Å². The second-order valence-corrected chi connectivity index (χ2v) is 4.36. The number of likely N-dealkylation sites (tertiary alicyclic amines) is 1. The topological polar surface area (TPSA) is 55.6 Å². The lowest BCUT2D eigenvalue weighted by Crippen LogP contribution is -2.36. The fourth-order valence-electron chi connectivity index (χ4n) is 2.16. The fourth-order valence-corrected chi connectivity index (χ4v) is 2.16. The molecule has 1 saturated heterocycles. The van der Waals surface area contributed by atoms with Gasteiger partial charge in [0.25, 0.3) is 5.91 Å². The van der Waals surface area contributed by atoms with Crippen molar-refractivity contribution in [3.63, 3.8) is 0 Å². The summed E-state index contributed by atoms with van der Waals surface area (Å²) in [4.78, 5) is 14.1. The predicted octanol–water partition coefficient (Wildman–Crippen LogP) is 0.934. The van der Waals surface area contributed by atoms with E-state index in [9.17, 15) is 4.79 Å². The molecule has 0 unspecified atom stereocenters. The van der Waals surface area contributed by atoms with E-state index in [0.29, 0.717) is 6.54 Å². The van der Waals surface area contributed by atoms with Crippen molar-refractivity contribution in [2.45, 2.75) is 18.6 Å². The summed E-state index contributed by atoms with van der Waals surface area (Å²) >= 11 is 0. The number of carbonyl (C=O) groups is 1. The zero-order chi connectivity index (χ0) is 12.3. The minimum atomic E-state index is -0.513. The van der Waals surface area contributed by atoms with E-state index in [1.54, 1.807) is 12.0 Å². The highest BCUT2D eigenvalue weighted by Crippen LogP contribution is 2.21. The molecule has 2 N–H and O–H groups in total. The monoisotopic (exact) mass is 234 g/mol. The van der Waals surface area contributed by atoms with Gasteiger partial charge in [-0.2, -0.15) is 0 Å². The molecule has 1 heterocycles. The van der Waals surface area contributed by atoms with Crippen molar-refractivity contribution >= 4 is 5.91 Å². The largest absolute Gasteiger partial charge is 0.367 e. The quantitative estimate of drug-likeness (QED) is 0.846. The summed E-state index contributed by atoms with van der Waals surface area (Å²) in [6.07, 6.45) is 0.359. The molecule has 1 aromatic carbocycles. The van der Waals surface area contributed by atoms with Gasteiger partial charge in [0.2, 0.25) is 0 Å². The van der Waals surface area contributed by atoms with Gasteiger partial charge in [-0.15, -0.1) is 0 Å². The Morgan fingerprint density at radius 1 is 1.47 bits per heavy atom. The molecular weight excluding hydrogens is 216 g/mol. The molecule has 1 amide bonds. The van der Waals surface area contributed by atoms with Crippen LogP contribution in [0.15, 0.2) is 30.3 Å². The van der Waals surface area contributed by atoms with Crippen LogP contribution in [0.2, 0.25) is 0 Å². The fraction of sp³-hybridized carbons (Fsp3) is 0.462. The summed E-state index contributed by atoms with van der Waals surface area (Å²) in [6.45, 7) is 1.36. The Hall–Kier alpha value is -1.39. The Balaban J connectivity index is 2.11. The van der Waals surface area contributed by atoms with Crippen LogP contribution in [0.1, 0.15) is 18.1 Å². The third-order valence-corrected chi connectivity index (χ3v) is 3.10. The van der Waals surface area contributed by atoms with Crippen molar-refractivity contribution in [3.05, 3.63) is 35.9 Å². The molecule has 2 rings (SSSR count). The lowest BCUT2D eigenvalue weighted by atomic mass is 10.1. The summed E-state index contributed by atoms with van der Waals surface area (Å²) in [7, 11) is 1.56. The van der Waals surface area contributed by atoms with E-state index in [1.165, 1.54) is 0 Å². The maximum Gasteiger partial charge on any atom is 0.256 e. The molecule has 2 atom stereocenters. The molecule has 0 aromatic heterocycles. The number of amides is 1. The summed E-state index contributed by atoms with van der Waals surface area (Å²) in [5, 5.41) is 0. The van der Waals surface area contributed by atoms with Crippen LogP contribution in [0.3, 0.4) is 0 Å². The number of ether oxygens (including phenoxy) is 1. The van der Waals surface area contributed by atoms with Gasteiger partial charge in [0.15, 0.2) is 6.10 Å². The first-order chi connectivity index (χ1) is 8.22. The Kier molecular flexibility index (Phi) is 3.76. The van der Waals surface area contributed by atoms with Crippen molar-refractivity contribution in [1.29, 1.82) is 0 Å². The van der Waals surface area contributed by atoms with Crippen LogP contribution in [0.4, 0.5) is 0 Å². The van der Waals surface area contributed by atoms with Crippen molar-refractivity contribution in [2.24, 2.45) is 5.73 Å². The van der Waals surface area contributed by atoms with Crippen LogP contribution >= 0.6 is 0 Å². The third-order valence-electron chi connectivity index (χ3n) is 3.10. The maximum absolute atomic E-state index is 12.3. The first kappa shape index (κ1) is 12.1. The first-order valence-electron chi connectivity index (χ1n) is 5.84. The van der Waals surface area contributed by atoms with E-state index < -0.39 is 6.10 Å². The second kappa shape index (κ2) is 5.29. The Morgan fingerprint density at radius 2 is 2.18 bits per heavy atom. The molecule has 4 nitrogen and oxygen atoms in total. The Bertz CT molecular complexity index is 380. The van der Waals surface area contributed by atoms with Crippen LogP contribution in [-0.4, -0.2) is 37.0 Å². The molecule has 0 saturated carbocycles. The molecule has 1 aliphatic rings. The highest BCUT2D eigenvalue weighted by molar-refractivity contribution is 5.82. The van der Waals surface area contributed by atoms with Crippen molar-refractivity contribution < 1.29 is 9.53 Å². The van der Waals surface area contributed by atoms with Crippen LogP contribution in [0, 0.1) is 0 Å². The molecule has 17 heavy (non-hydrogen) atoms. The standard InChI is InChI=1S/C13H18N2O2/c1-17-12(10-5-3-2-4-6-10)13(16)15-8-7-11(14)9-15/h2-6,11-12H,7-9,14H2,1H3/t11-,12+/m0/s1. The lowest BCUT2D eigenvalue weighted by molar-refractivity contribution is -0.141. The number of methoxy groups -OCH3 is 1. The van der Waals surface area contributed by atoms with Gasteiger partial charge in [-0.1, -0.05) is 30.3 Å². The minimum absolute atomic E-state index is 0.00616. The van der Waals surface area contributed by atoms with E-state index in [-0.39, 0.29) is 11.9 Å². The van der Waals surface area contributed by atoms with Gasteiger partial charge in [-0.25, -0.2) is 0 Å². The number of hydrogen-bond acceptors (Lipinski definition) is 3. The van der Waals surface area contributed by atoms with Gasteiger partial charge >= 0.3 is 0 Å². The maximum atomic E-state index is 12.3. The Morgan fingerprint density at radius 3 is 2.71 bits per heavy atom. The van der Waals surface area contributed by atoms with Crippen LogP contribution in [0.5, 0.6) is 0 Å². The molecule has 1 fully saturated rings. The zero-order valence-corrected chi connectivity index (χ0v) is 10.0. The summed E-state index contributed by atoms with van der Waals surface area (Å²) in [6, 6.07) is 9.65. The van der Waals surface area contributed by atoms with Crippen molar-refractivity contribution in [3.8, 4) is 0 Å². The molecule has 1 aliphatic heterocycles. The molecule has 1 aromatic rings. The van der Waals surface area contributed by atoms with Gasteiger partial charge < -0.3 is 15.4 Å². The number of rotatable bonds is 3. The number of nitrogens with zero attached hydrogens (tertiary/aromatic N) is 1. The molecular formula is C13H18N2O2. The number of nitrogens with two attached hydrogens (primary N) is 1. The molecule has 92 valence electrons. The number of benzene rings is 1. The molecule has 0 radical (unpaired) electrons. The van der Waals surface area contributed by atoms with E-state index in [0.717, 1.165) is 18.5 Å². The minimum Gasteiger partial charge on any atom is -0.367 e. The average molecular weight is 234 g/mol. The van der Waals surface area contributed by atoms with Crippen LogP contribution in [0.25, 0.3) is 0 Å². The molecule has 0 aliphatic carbocycles. The third kappa shape index (κ3) is 2.65. The highest BCUT2D eigenvalue weighted by Gasteiger charge is 2.30. The molecule has 0 spiro atoms. The summed E-state index contributed by atoms with van der Waals surface area (Å²) < 4.78 is 5.31. The van der Waals surface area contributed by atoms with Gasteiger partial charge in [-0.3, -0.25) is 4.79 Å². The number of carbonyl (C=O) groups excluding carboxylic acids is 1. The van der Waals surface area contributed by atoms with Gasteiger partial charge in [0.1, 0.15) is 0 Å². The average Bonchev–Trinajstić information content (AvgIpc) is 2.78. The van der Waals surface area contributed by atoms with E-state index in [4.69, 9.17) is 10.5 Å². The smallest absolute Gasteiger partial charge is 0.256 e. The number of hydrogen-bond donors (Lipinski definition) is 1. The molecule has 4 heteroatoms. The SMILES string of the molecule is CO[C@@H](C(=O)N1CC[C@H](N)C1)c1ccccc1. The van der Waals surface area contributed by atoms with Crippen molar-refractivity contribution in [2.75, 3.05) is 20.2 Å². The van der Waals surface area contributed by atoms with Crippen LogP contribution in [-0.2, 0) is 9.53 Å².